The van der Waals surface area contributed by atoms with Crippen LogP contribution in [0.1, 0.15) is 57.1 Å². The molecule has 178 valence electrons. The van der Waals surface area contributed by atoms with E-state index < -0.39 is 11.4 Å². The van der Waals surface area contributed by atoms with Crippen molar-refractivity contribution in [1.29, 1.82) is 0 Å². The zero-order chi connectivity index (χ0) is 23.3. The summed E-state index contributed by atoms with van der Waals surface area (Å²) < 4.78 is 12.3. The van der Waals surface area contributed by atoms with Gasteiger partial charge in [0.05, 0.1) is 5.02 Å². The minimum atomic E-state index is -1.02. The zero-order valence-electron chi connectivity index (χ0n) is 19.5. The number of hydrogen-bond acceptors (Lipinski definition) is 4. The smallest absolute Gasteiger partial charge is 0.260 e. The molecular formula is C27H32Cl2O4. The molecule has 3 aliphatic rings. The molecule has 5 rings (SSSR count). The van der Waals surface area contributed by atoms with E-state index in [1.54, 1.807) is 7.11 Å². The molecule has 6 unspecified atom stereocenters. The highest BCUT2D eigenvalue weighted by Crippen LogP contribution is 2.67. The van der Waals surface area contributed by atoms with Gasteiger partial charge in [-0.2, -0.15) is 4.89 Å². The van der Waals surface area contributed by atoms with Gasteiger partial charge in [-0.05, 0) is 61.1 Å². The Morgan fingerprint density at radius 2 is 1.85 bits per heavy atom. The molecule has 33 heavy (non-hydrogen) atoms. The van der Waals surface area contributed by atoms with Crippen LogP contribution in [0.5, 0.6) is 5.75 Å². The maximum Gasteiger partial charge on any atom is 0.260 e. The molecule has 1 saturated heterocycles. The molecule has 2 aliphatic carbocycles. The van der Waals surface area contributed by atoms with Crippen molar-refractivity contribution >= 4 is 23.2 Å². The Morgan fingerprint density at radius 3 is 2.52 bits per heavy atom. The number of halogens is 2. The Kier molecular flexibility index (Phi) is 6.20. The van der Waals surface area contributed by atoms with Crippen molar-refractivity contribution in [2.45, 2.75) is 68.8 Å². The molecule has 0 amide bonds. The van der Waals surface area contributed by atoms with Crippen molar-refractivity contribution in [3.8, 4) is 5.75 Å². The van der Waals surface area contributed by atoms with Crippen LogP contribution in [0, 0.1) is 17.8 Å². The van der Waals surface area contributed by atoms with E-state index in [0.29, 0.717) is 23.3 Å². The van der Waals surface area contributed by atoms with Crippen molar-refractivity contribution in [2.75, 3.05) is 7.11 Å². The molecule has 0 N–H and O–H groups in total. The number of rotatable bonds is 6. The molecule has 0 aromatic heterocycles. The first kappa shape index (κ1) is 23.4. The number of methoxy groups -OCH3 is 1. The van der Waals surface area contributed by atoms with Gasteiger partial charge in [0.1, 0.15) is 12.4 Å². The first-order valence-electron chi connectivity index (χ1n) is 11.9. The molecular weight excluding hydrogens is 459 g/mol. The van der Waals surface area contributed by atoms with E-state index >= 15 is 0 Å². The third-order valence-electron chi connectivity index (χ3n) is 7.98. The Balaban J connectivity index is 1.51. The first-order valence-corrected chi connectivity index (χ1v) is 12.7. The van der Waals surface area contributed by atoms with Crippen molar-refractivity contribution in [1.82, 2.24) is 0 Å². The van der Waals surface area contributed by atoms with Gasteiger partial charge in [0, 0.05) is 17.5 Å². The maximum atomic E-state index is 7.14. The van der Waals surface area contributed by atoms with Crippen molar-refractivity contribution in [2.24, 2.45) is 17.8 Å². The van der Waals surface area contributed by atoms with Gasteiger partial charge in [-0.1, -0.05) is 68.3 Å². The van der Waals surface area contributed by atoms with Crippen LogP contribution in [-0.2, 0) is 26.9 Å². The summed E-state index contributed by atoms with van der Waals surface area (Å²) in [5.41, 5.74) is 1.35. The topological polar surface area (TPSA) is 36.9 Å². The van der Waals surface area contributed by atoms with Gasteiger partial charge in [-0.15, -0.1) is 11.6 Å². The van der Waals surface area contributed by atoms with Gasteiger partial charge in [0.15, 0.2) is 5.60 Å². The summed E-state index contributed by atoms with van der Waals surface area (Å²) in [7, 11) is 1.70. The number of hydrogen-bond donors (Lipinski definition) is 0. The summed E-state index contributed by atoms with van der Waals surface area (Å²) in [6.07, 6.45) is 4.85. The second-order valence-corrected chi connectivity index (χ2v) is 11.3. The van der Waals surface area contributed by atoms with Crippen LogP contribution >= 0.6 is 23.2 Å². The van der Waals surface area contributed by atoms with E-state index in [2.05, 4.69) is 13.8 Å². The highest BCUT2D eigenvalue weighted by molar-refractivity contribution is 6.32. The Labute approximate surface area is 206 Å². The largest absolute Gasteiger partial charge is 0.487 e. The lowest BCUT2D eigenvalue weighted by Crippen LogP contribution is -2.75. The SMILES string of the molecule is CCC1CC2(Cl)CC(C)CC(C2)C12OOC2(OC)c1ccc(Cl)c(OCc2ccccc2)c1. The average Bonchev–Trinajstić information content (AvgIpc) is 2.78. The molecule has 4 nitrogen and oxygen atoms in total. The number of benzene rings is 2. The molecule has 2 aromatic rings. The van der Waals surface area contributed by atoms with E-state index in [0.717, 1.165) is 43.2 Å². The second-order valence-electron chi connectivity index (χ2n) is 10.1. The number of alkyl halides is 1. The Morgan fingerprint density at radius 1 is 1.06 bits per heavy atom. The molecule has 2 bridgehead atoms. The predicted molar refractivity (Wildman–Crippen MR) is 129 cm³/mol. The minimum absolute atomic E-state index is 0.170. The van der Waals surface area contributed by atoms with Crippen LogP contribution in [0.15, 0.2) is 48.5 Å². The average molecular weight is 491 g/mol. The quantitative estimate of drug-likeness (QED) is 0.315. The van der Waals surface area contributed by atoms with E-state index in [4.69, 9.17) is 42.5 Å². The number of ether oxygens (including phenoxy) is 2. The van der Waals surface area contributed by atoms with Crippen molar-refractivity contribution < 1.29 is 19.2 Å². The van der Waals surface area contributed by atoms with Gasteiger partial charge in [-0.25, -0.2) is 4.89 Å². The predicted octanol–water partition coefficient (Wildman–Crippen LogP) is 7.26. The van der Waals surface area contributed by atoms with E-state index in [1.807, 2.05) is 48.5 Å². The van der Waals surface area contributed by atoms with Gasteiger partial charge in [0.25, 0.3) is 5.79 Å². The monoisotopic (exact) mass is 490 g/mol. The highest BCUT2D eigenvalue weighted by Gasteiger charge is 2.75. The highest BCUT2D eigenvalue weighted by atomic mass is 35.5. The third kappa shape index (κ3) is 3.70. The maximum absolute atomic E-state index is 7.14. The molecule has 2 saturated carbocycles. The molecule has 6 heteroatoms. The van der Waals surface area contributed by atoms with E-state index in [9.17, 15) is 0 Å². The lowest BCUT2D eigenvalue weighted by Gasteiger charge is -2.66. The summed E-state index contributed by atoms with van der Waals surface area (Å²) in [4.78, 5) is 11.9. The normalized spacial score (nSPS) is 37.5. The third-order valence-corrected chi connectivity index (χ3v) is 8.75. The van der Waals surface area contributed by atoms with Crippen LogP contribution in [0.3, 0.4) is 0 Å². The first-order chi connectivity index (χ1) is 15.9. The fraction of sp³-hybridized carbons (Fsp3) is 0.556. The fourth-order valence-corrected chi connectivity index (χ4v) is 7.50. The van der Waals surface area contributed by atoms with Gasteiger partial charge < -0.3 is 9.47 Å². The van der Waals surface area contributed by atoms with E-state index in [1.165, 1.54) is 0 Å². The van der Waals surface area contributed by atoms with Gasteiger partial charge in [-0.3, -0.25) is 0 Å². The molecule has 3 fully saturated rings. The van der Waals surface area contributed by atoms with Crippen LogP contribution in [-0.4, -0.2) is 17.6 Å². The molecule has 0 radical (unpaired) electrons. The summed E-state index contributed by atoms with van der Waals surface area (Å²) in [5, 5.41) is 0.553. The van der Waals surface area contributed by atoms with Crippen LogP contribution in [0.4, 0.5) is 0 Å². The summed E-state index contributed by atoms with van der Waals surface area (Å²) >= 11 is 13.7. The molecule has 1 spiro atoms. The summed E-state index contributed by atoms with van der Waals surface area (Å²) in [5.74, 6) is 0.579. The molecule has 6 atom stereocenters. The van der Waals surface area contributed by atoms with Crippen molar-refractivity contribution in [3.63, 3.8) is 0 Å². The zero-order valence-corrected chi connectivity index (χ0v) is 21.0. The Hall–Kier alpha value is -1.30. The summed E-state index contributed by atoms with van der Waals surface area (Å²) in [6, 6.07) is 15.8. The molecule has 1 heterocycles. The second kappa shape index (κ2) is 8.73. The van der Waals surface area contributed by atoms with Crippen LogP contribution in [0.25, 0.3) is 0 Å². The number of fused-ring (bicyclic) bond motifs is 3. The lowest BCUT2D eigenvalue weighted by molar-refractivity contribution is -0.641. The van der Waals surface area contributed by atoms with Crippen LogP contribution < -0.4 is 4.74 Å². The van der Waals surface area contributed by atoms with Gasteiger partial charge >= 0.3 is 0 Å². The Bertz CT molecular complexity index is 997. The summed E-state index contributed by atoms with van der Waals surface area (Å²) in [6.45, 7) is 4.92. The van der Waals surface area contributed by atoms with Crippen molar-refractivity contribution in [3.05, 3.63) is 64.7 Å². The fourth-order valence-electron chi connectivity index (χ4n) is 6.70. The molecule has 2 aromatic carbocycles. The van der Waals surface area contributed by atoms with Crippen LogP contribution in [0.2, 0.25) is 5.02 Å². The van der Waals surface area contributed by atoms with E-state index in [-0.39, 0.29) is 16.7 Å². The molecule has 1 aliphatic heterocycles. The standard InChI is InChI=1S/C27H32Cl2O4/c1-4-20-15-25(29)14-18(2)12-22(16-25)26(20)27(30-3,33-32-26)21-10-11-23(28)24(13-21)31-17-19-8-6-5-7-9-19/h5-11,13,18,20,22H,4,12,14-17H2,1-3H3. The van der Waals surface area contributed by atoms with Gasteiger partial charge in [0.2, 0.25) is 0 Å². The lowest BCUT2D eigenvalue weighted by atomic mass is 9.53. The minimum Gasteiger partial charge on any atom is -0.487 e.